The Morgan fingerprint density at radius 3 is 1.76 bits per heavy atom. The van der Waals surface area contributed by atoms with Gasteiger partial charge in [-0.3, -0.25) is 14.4 Å². The Kier molecular flexibility index (Phi) is 8.35. The molecular weight excluding hydrogens is 438 g/mol. The van der Waals surface area contributed by atoms with Crippen molar-refractivity contribution in [1.29, 1.82) is 0 Å². The SMILES string of the molecule is CC(=O)NC[C@H]1O[C@@H](C(=O)NC[C@H]2O[C@@H](C(=O)NCc3ccccc3)[C@@H](O)[C@@H]2O)[C@@H](O)[C@@H]1O. The fraction of sp³-hybridized carbons (Fsp3) is 0.571. The smallest absolute Gasteiger partial charge is 0.252 e. The monoisotopic (exact) mass is 467 g/mol. The second-order valence-corrected chi connectivity index (χ2v) is 8.04. The van der Waals surface area contributed by atoms with Gasteiger partial charge in [0.1, 0.15) is 36.6 Å². The summed E-state index contributed by atoms with van der Waals surface area (Å²) in [4.78, 5) is 35.8. The Labute approximate surface area is 189 Å². The van der Waals surface area contributed by atoms with Crippen molar-refractivity contribution in [3.8, 4) is 0 Å². The van der Waals surface area contributed by atoms with Crippen molar-refractivity contribution < 1.29 is 44.3 Å². The molecule has 2 heterocycles. The lowest BCUT2D eigenvalue weighted by atomic mass is 10.1. The number of nitrogens with one attached hydrogen (secondary N) is 3. The highest BCUT2D eigenvalue weighted by molar-refractivity contribution is 5.83. The van der Waals surface area contributed by atoms with Gasteiger partial charge in [0.25, 0.3) is 11.8 Å². The third-order valence-electron chi connectivity index (χ3n) is 5.58. The second kappa shape index (κ2) is 11.0. The molecule has 7 N–H and O–H groups in total. The van der Waals surface area contributed by atoms with Crippen LogP contribution < -0.4 is 16.0 Å². The van der Waals surface area contributed by atoms with Crippen LogP contribution in [0.2, 0.25) is 0 Å². The molecule has 1 aromatic rings. The van der Waals surface area contributed by atoms with E-state index in [-0.39, 0.29) is 25.5 Å². The fourth-order valence-corrected chi connectivity index (χ4v) is 3.70. The number of aliphatic hydroxyl groups is 4. The lowest BCUT2D eigenvalue weighted by molar-refractivity contribution is -0.137. The number of benzene rings is 1. The number of carbonyl (C=O) groups is 3. The molecule has 12 heteroatoms. The van der Waals surface area contributed by atoms with Crippen LogP contribution in [0.25, 0.3) is 0 Å². The summed E-state index contributed by atoms with van der Waals surface area (Å²) < 4.78 is 10.8. The second-order valence-electron chi connectivity index (χ2n) is 8.04. The standard InChI is InChI=1S/C21H29N3O9/c1-10(25)22-8-12-14(26)16(28)19(32-12)21(31)24-9-13-15(27)17(29)18(33-13)20(30)23-7-11-5-3-2-4-6-11/h2-6,12-19,26-29H,7-9H2,1H3,(H,22,25)(H,23,30)(H,24,31)/t12-,13-,14-,15-,16+,17+,18-,19-/m1/s1. The summed E-state index contributed by atoms with van der Waals surface area (Å²) in [5.41, 5.74) is 0.844. The average molecular weight is 467 g/mol. The first kappa shape index (κ1) is 25.0. The van der Waals surface area contributed by atoms with Crippen LogP contribution in [-0.4, -0.2) is 100 Å². The number of aliphatic hydroxyl groups excluding tert-OH is 4. The third-order valence-corrected chi connectivity index (χ3v) is 5.58. The normalized spacial score (nSPS) is 33.5. The molecule has 0 aliphatic carbocycles. The van der Waals surface area contributed by atoms with Crippen LogP contribution >= 0.6 is 0 Å². The molecule has 0 bridgehead atoms. The van der Waals surface area contributed by atoms with Crippen LogP contribution in [0.5, 0.6) is 0 Å². The maximum absolute atomic E-state index is 12.4. The van der Waals surface area contributed by atoms with E-state index >= 15 is 0 Å². The fourth-order valence-electron chi connectivity index (χ4n) is 3.70. The van der Waals surface area contributed by atoms with Crippen LogP contribution in [-0.2, 0) is 30.4 Å². The highest BCUT2D eigenvalue weighted by Crippen LogP contribution is 2.23. The molecule has 1 aromatic carbocycles. The van der Waals surface area contributed by atoms with E-state index in [0.717, 1.165) is 5.56 Å². The molecule has 2 aliphatic heterocycles. The van der Waals surface area contributed by atoms with Gasteiger partial charge in [-0.15, -0.1) is 0 Å². The van der Waals surface area contributed by atoms with Crippen molar-refractivity contribution in [3.63, 3.8) is 0 Å². The predicted octanol–water partition coefficient (Wildman–Crippen LogP) is -3.47. The largest absolute Gasteiger partial charge is 0.388 e. The molecule has 12 nitrogen and oxygen atoms in total. The minimum Gasteiger partial charge on any atom is -0.388 e. The van der Waals surface area contributed by atoms with Crippen LogP contribution in [0.3, 0.4) is 0 Å². The minimum atomic E-state index is -1.53. The third kappa shape index (κ3) is 6.05. The summed E-state index contributed by atoms with van der Waals surface area (Å²) in [6.07, 6.45) is -10.7. The van der Waals surface area contributed by atoms with E-state index in [0.29, 0.717) is 0 Å². The summed E-state index contributed by atoms with van der Waals surface area (Å²) in [6, 6.07) is 9.10. The quantitative estimate of drug-likeness (QED) is 0.204. The lowest BCUT2D eigenvalue weighted by Crippen LogP contribution is -2.47. The van der Waals surface area contributed by atoms with E-state index < -0.39 is 60.6 Å². The molecule has 0 radical (unpaired) electrons. The average Bonchev–Trinajstić information content (AvgIpc) is 3.25. The first-order valence-corrected chi connectivity index (χ1v) is 10.6. The van der Waals surface area contributed by atoms with Gasteiger partial charge in [0.05, 0.1) is 0 Å². The van der Waals surface area contributed by atoms with Gasteiger partial charge in [-0.05, 0) is 5.56 Å². The van der Waals surface area contributed by atoms with Crippen LogP contribution in [0, 0.1) is 0 Å². The molecule has 2 fully saturated rings. The van der Waals surface area contributed by atoms with Crippen molar-refractivity contribution in [2.24, 2.45) is 0 Å². The molecule has 2 saturated heterocycles. The van der Waals surface area contributed by atoms with E-state index in [1.807, 2.05) is 30.3 Å². The summed E-state index contributed by atoms with van der Waals surface area (Å²) in [5, 5.41) is 48.0. The van der Waals surface area contributed by atoms with Crippen molar-refractivity contribution in [2.45, 2.75) is 62.3 Å². The number of ether oxygens (including phenoxy) is 2. The molecule has 0 spiro atoms. The molecule has 182 valence electrons. The first-order valence-electron chi connectivity index (χ1n) is 10.6. The molecule has 0 saturated carbocycles. The van der Waals surface area contributed by atoms with E-state index in [4.69, 9.17) is 9.47 Å². The van der Waals surface area contributed by atoms with E-state index in [1.54, 1.807) is 0 Å². The van der Waals surface area contributed by atoms with Gasteiger partial charge in [-0.1, -0.05) is 30.3 Å². The summed E-state index contributed by atoms with van der Waals surface area (Å²) in [6.45, 7) is 1.12. The minimum absolute atomic E-state index is 0.0895. The molecule has 33 heavy (non-hydrogen) atoms. The van der Waals surface area contributed by atoms with E-state index in [9.17, 15) is 34.8 Å². The van der Waals surface area contributed by atoms with Crippen LogP contribution in [0.4, 0.5) is 0 Å². The number of hydrogen-bond donors (Lipinski definition) is 7. The lowest BCUT2D eigenvalue weighted by Gasteiger charge is -2.18. The first-order chi connectivity index (χ1) is 15.7. The molecule has 3 amide bonds. The van der Waals surface area contributed by atoms with E-state index in [2.05, 4.69) is 16.0 Å². The van der Waals surface area contributed by atoms with Crippen molar-refractivity contribution in [2.75, 3.05) is 13.1 Å². The van der Waals surface area contributed by atoms with Crippen molar-refractivity contribution in [3.05, 3.63) is 35.9 Å². The predicted molar refractivity (Wildman–Crippen MR) is 111 cm³/mol. The zero-order chi connectivity index (χ0) is 24.1. The summed E-state index contributed by atoms with van der Waals surface area (Å²) in [7, 11) is 0. The number of rotatable bonds is 8. The van der Waals surface area contributed by atoms with Gasteiger partial charge in [-0.2, -0.15) is 0 Å². The zero-order valence-corrected chi connectivity index (χ0v) is 18.0. The molecule has 2 aliphatic rings. The molecule has 3 rings (SSSR count). The highest BCUT2D eigenvalue weighted by Gasteiger charge is 2.48. The maximum Gasteiger partial charge on any atom is 0.252 e. The van der Waals surface area contributed by atoms with Gasteiger partial charge in [-0.25, -0.2) is 0 Å². The van der Waals surface area contributed by atoms with Gasteiger partial charge >= 0.3 is 0 Å². The van der Waals surface area contributed by atoms with Gasteiger partial charge in [0.2, 0.25) is 5.91 Å². The maximum atomic E-state index is 12.4. The molecule has 8 atom stereocenters. The highest BCUT2D eigenvalue weighted by atomic mass is 16.6. The van der Waals surface area contributed by atoms with E-state index in [1.165, 1.54) is 6.92 Å². The molecule has 0 aromatic heterocycles. The number of amides is 3. The Morgan fingerprint density at radius 1 is 0.758 bits per heavy atom. The topological polar surface area (TPSA) is 187 Å². The number of hydrogen-bond acceptors (Lipinski definition) is 9. The Hall–Kier alpha value is -2.61. The van der Waals surface area contributed by atoms with Gasteiger partial charge in [0, 0.05) is 26.6 Å². The summed E-state index contributed by atoms with van der Waals surface area (Å²) in [5.74, 6) is -1.76. The van der Waals surface area contributed by atoms with Crippen molar-refractivity contribution in [1.82, 2.24) is 16.0 Å². The Balaban J connectivity index is 1.49. The Bertz CT molecular complexity index is 840. The van der Waals surface area contributed by atoms with Crippen LogP contribution in [0.1, 0.15) is 12.5 Å². The molecule has 0 unspecified atom stereocenters. The Morgan fingerprint density at radius 2 is 1.24 bits per heavy atom. The summed E-state index contributed by atoms with van der Waals surface area (Å²) >= 11 is 0. The molecular formula is C21H29N3O9. The van der Waals surface area contributed by atoms with Crippen LogP contribution in [0.15, 0.2) is 30.3 Å². The zero-order valence-electron chi connectivity index (χ0n) is 18.0. The van der Waals surface area contributed by atoms with Crippen molar-refractivity contribution >= 4 is 17.7 Å². The van der Waals surface area contributed by atoms with Gasteiger partial charge < -0.3 is 45.9 Å². The number of carbonyl (C=O) groups excluding carboxylic acids is 3. The van der Waals surface area contributed by atoms with Gasteiger partial charge in [0.15, 0.2) is 12.2 Å².